The van der Waals surface area contributed by atoms with Gasteiger partial charge in [0.2, 0.25) is 0 Å². The number of fused-ring (bicyclic) bond motifs is 10. The molecule has 0 saturated heterocycles. The summed E-state index contributed by atoms with van der Waals surface area (Å²) in [6, 6.07) is 108. The molecule has 0 saturated carbocycles. The number of nitrogens with zero attached hydrogens (tertiary/aromatic N) is 9. The molecule has 0 fully saturated rings. The van der Waals surface area contributed by atoms with Gasteiger partial charge in [-0.05, 0) is 95.4 Å². The molecular weight excluding hydrogens is 1250 g/mol. The summed E-state index contributed by atoms with van der Waals surface area (Å²) in [5, 5.41) is 7.26. The van der Waals surface area contributed by atoms with Crippen LogP contribution >= 0.6 is 22.6 Å². The van der Waals surface area contributed by atoms with Crippen LogP contribution in [0.5, 0.6) is 0 Å². The van der Waals surface area contributed by atoms with Crippen LogP contribution in [-0.4, -0.2) is 48.6 Å². The van der Waals surface area contributed by atoms with E-state index in [1.165, 1.54) is 46.9 Å². The quantitative estimate of drug-likeness (QED) is 0.144. The van der Waals surface area contributed by atoms with Crippen molar-refractivity contribution in [3.05, 3.63) is 331 Å². The van der Waals surface area contributed by atoms with Gasteiger partial charge in [0.1, 0.15) is 0 Å². The number of aromatic amines is 1. The maximum absolute atomic E-state index is 4.98. The lowest BCUT2D eigenvalue weighted by molar-refractivity contribution is 1.07. The second-order valence-corrected chi connectivity index (χ2v) is 23.8. The third-order valence-electron chi connectivity index (χ3n) is 16.7. The van der Waals surface area contributed by atoms with E-state index in [0.717, 1.165) is 72.5 Å². The minimum Gasteiger partial charge on any atom is -0.353 e. The van der Waals surface area contributed by atoms with Crippen molar-refractivity contribution in [2.45, 2.75) is 0 Å². The van der Waals surface area contributed by atoms with Gasteiger partial charge in [0.25, 0.3) is 0 Å². The fourth-order valence-corrected chi connectivity index (χ4v) is 12.8. The highest BCUT2D eigenvalue weighted by atomic mass is 127. The highest BCUT2D eigenvalue weighted by Crippen LogP contribution is 2.39. The van der Waals surface area contributed by atoms with Crippen LogP contribution in [0, 0.1) is 3.57 Å². The molecule has 0 spiro atoms. The predicted octanol–water partition coefficient (Wildman–Crippen LogP) is 20.7. The minimum absolute atomic E-state index is 0.634. The average molecular weight is 1310 g/mol. The van der Waals surface area contributed by atoms with Crippen molar-refractivity contribution < 1.29 is 0 Å². The van der Waals surface area contributed by atoms with Gasteiger partial charge in [0, 0.05) is 104 Å². The summed E-state index contributed by atoms with van der Waals surface area (Å²) < 4.78 is 8.21. The number of hydrogen-bond acceptors (Lipinski definition) is 6. The smallest absolute Gasteiger partial charge is 0.164 e. The number of H-pyrrole nitrogens is 1. The van der Waals surface area contributed by atoms with Gasteiger partial charge in [-0.15, -0.1) is 0 Å². The summed E-state index contributed by atoms with van der Waals surface area (Å²) in [5.74, 6) is 3.88. The Morgan fingerprint density at radius 1 is 0.269 bits per heavy atom. The van der Waals surface area contributed by atoms with Crippen LogP contribution in [0.15, 0.2) is 328 Å². The van der Waals surface area contributed by atoms with E-state index in [2.05, 4.69) is 230 Å². The van der Waals surface area contributed by atoms with Gasteiger partial charge in [-0.1, -0.05) is 243 Å². The van der Waals surface area contributed by atoms with Crippen LogP contribution < -0.4 is 0 Å². The van der Waals surface area contributed by atoms with Gasteiger partial charge < -0.3 is 18.7 Å². The van der Waals surface area contributed by atoms with E-state index in [1.54, 1.807) is 0 Å². The molecule has 0 amide bonds. The molecule has 0 radical (unpaired) electrons. The van der Waals surface area contributed by atoms with Crippen LogP contribution in [0.2, 0.25) is 0 Å². The first kappa shape index (κ1) is 56.3. The molecule has 440 valence electrons. The Bertz CT molecular complexity index is 5580. The van der Waals surface area contributed by atoms with Crippen molar-refractivity contribution in [2.75, 3.05) is 0 Å². The second kappa shape index (κ2) is 24.8. The Kier molecular flexibility index (Phi) is 15.0. The summed E-state index contributed by atoms with van der Waals surface area (Å²) in [5.41, 5.74) is 15.8. The molecule has 0 aliphatic rings. The second-order valence-electron chi connectivity index (χ2n) is 22.5. The molecule has 0 aliphatic heterocycles. The molecule has 12 aromatic carbocycles. The molecule has 0 atom stereocenters. The molecule has 6 heterocycles. The van der Waals surface area contributed by atoms with Gasteiger partial charge in [0.15, 0.2) is 34.9 Å². The van der Waals surface area contributed by atoms with Gasteiger partial charge in [-0.25, -0.2) is 29.9 Å². The maximum Gasteiger partial charge on any atom is 0.164 e. The Balaban J connectivity index is 0.000000134. The number of nitrogens with one attached hydrogen (secondary N) is 1. The molecule has 10 nitrogen and oxygen atoms in total. The number of rotatable bonds is 9. The normalized spacial score (nSPS) is 11.3. The zero-order chi connectivity index (χ0) is 62.0. The van der Waals surface area contributed by atoms with E-state index >= 15 is 0 Å². The lowest BCUT2D eigenvalue weighted by atomic mass is 10.1. The van der Waals surface area contributed by atoms with Crippen molar-refractivity contribution in [1.29, 1.82) is 0 Å². The third-order valence-corrected chi connectivity index (χ3v) is 17.4. The summed E-state index contributed by atoms with van der Waals surface area (Å²) >= 11 is 2.28. The van der Waals surface area contributed by atoms with Crippen LogP contribution in [0.25, 0.3) is 151 Å². The Morgan fingerprint density at radius 2 is 0.645 bits per heavy atom. The molecule has 0 unspecified atom stereocenters. The fraction of sp³-hybridized carbons (Fsp3) is 0. The Hall–Kier alpha value is -11.9. The summed E-state index contributed by atoms with van der Waals surface area (Å²) in [4.78, 5) is 33.2. The van der Waals surface area contributed by atoms with Gasteiger partial charge >= 0.3 is 0 Å². The fourth-order valence-electron chi connectivity index (χ4n) is 12.4. The lowest BCUT2D eigenvalue weighted by Crippen LogP contribution is -2.01. The number of halogens is 1. The molecule has 18 aromatic rings. The van der Waals surface area contributed by atoms with Gasteiger partial charge in [-0.3, -0.25) is 0 Å². The van der Waals surface area contributed by atoms with E-state index in [-0.39, 0.29) is 0 Å². The SMILES string of the molecule is Ic1ccccc1.c1ccc(-c2nc(-c3ccccc3)nc(-c3cccc(-n4ccc5ccc6c7ccccc7[nH]c6c54)c3)n2)cc1.c1ccc(-c2nc(-c3ccccc3)nc(-c3cccc(-n4ccc5ccc6c7ccccc7n(-c7ccccc7)c6c54)c3)n2)cc1. The van der Waals surface area contributed by atoms with E-state index in [9.17, 15) is 0 Å². The lowest BCUT2D eigenvalue weighted by Gasteiger charge is -2.13. The van der Waals surface area contributed by atoms with Crippen LogP contribution in [0.3, 0.4) is 0 Å². The standard InChI is InChI=1S/C41H27N5.C35H23N5.C6H5I/c1-4-13-29(14-5-1)39-42-40(30-15-6-2-7-16-30)44-41(43-39)31-17-12-20-33(27-31)45-26-25-28-23-24-35-34-21-10-11-22-36(34)46(38(35)37(28)45)32-18-8-3-9-19-32;1-3-10-24(11-4-1)33-37-34(25-12-5-2-6-13-25)39-35(38-33)26-14-9-15-27(22-26)40-21-20-23-18-19-29-28-16-7-8-17-30(28)36-31(29)32(23)40;7-6-4-2-1-3-5-6/h1-27H;1-22,36H;1-5H. The molecule has 1 N–H and O–H groups in total. The summed E-state index contributed by atoms with van der Waals surface area (Å²) in [6.45, 7) is 0. The monoisotopic (exact) mass is 1310 g/mol. The summed E-state index contributed by atoms with van der Waals surface area (Å²) in [7, 11) is 0. The van der Waals surface area contributed by atoms with Gasteiger partial charge in [-0.2, -0.15) is 0 Å². The molecule has 11 heteroatoms. The number of benzene rings is 12. The Morgan fingerprint density at radius 3 is 1.13 bits per heavy atom. The molecule has 6 aromatic heterocycles. The molecule has 0 bridgehead atoms. The highest BCUT2D eigenvalue weighted by molar-refractivity contribution is 14.1. The number of para-hydroxylation sites is 3. The minimum atomic E-state index is 0.634. The molecule has 0 aliphatic carbocycles. The van der Waals surface area contributed by atoms with Gasteiger partial charge in [0.05, 0.1) is 27.6 Å². The largest absolute Gasteiger partial charge is 0.353 e. The topological polar surface area (TPSA) is 108 Å². The van der Waals surface area contributed by atoms with E-state index < -0.39 is 0 Å². The van der Waals surface area contributed by atoms with Crippen LogP contribution in [-0.2, 0) is 0 Å². The zero-order valence-electron chi connectivity index (χ0n) is 50.1. The van der Waals surface area contributed by atoms with Crippen LogP contribution in [0.1, 0.15) is 0 Å². The number of hydrogen-bond donors (Lipinski definition) is 1. The highest BCUT2D eigenvalue weighted by Gasteiger charge is 2.20. The van der Waals surface area contributed by atoms with Crippen molar-refractivity contribution in [2.24, 2.45) is 0 Å². The predicted molar refractivity (Wildman–Crippen MR) is 389 cm³/mol. The Labute approximate surface area is 549 Å². The van der Waals surface area contributed by atoms with Crippen LogP contribution in [0.4, 0.5) is 0 Å². The van der Waals surface area contributed by atoms with Crippen molar-refractivity contribution >= 4 is 88.0 Å². The first-order chi connectivity index (χ1) is 46.0. The first-order valence-electron chi connectivity index (χ1n) is 30.8. The van der Waals surface area contributed by atoms with Crippen molar-refractivity contribution in [3.8, 4) is 85.4 Å². The number of aromatic nitrogens is 10. The third kappa shape index (κ3) is 11.1. The van der Waals surface area contributed by atoms with E-state index in [4.69, 9.17) is 29.9 Å². The van der Waals surface area contributed by atoms with E-state index in [1.807, 2.05) is 140 Å². The maximum atomic E-state index is 4.98. The molecule has 93 heavy (non-hydrogen) atoms. The molecular formula is C82H55IN10. The average Bonchev–Trinajstić information content (AvgIpc) is 1.58. The zero-order valence-corrected chi connectivity index (χ0v) is 52.2. The summed E-state index contributed by atoms with van der Waals surface area (Å²) in [6.07, 6.45) is 4.29. The van der Waals surface area contributed by atoms with Crippen molar-refractivity contribution in [1.82, 2.24) is 48.6 Å². The first-order valence-corrected chi connectivity index (χ1v) is 31.9. The van der Waals surface area contributed by atoms with E-state index in [0.29, 0.717) is 34.9 Å². The van der Waals surface area contributed by atoms with Crippen molar-refractivity contribution in [3.63, 3.8) is 0 Å². The molecule has 18 rings (SSSR count).